The molecule has 1 aliphatic heterocycles. The molecule has 0 unspecified atom stereocenters. The molecule has 8 heteroatoms. The average molecular weight is 254 g/mol. The Morgan fingerprint density at radius 3 is 2.28 bits per heavy atom. The minimum absolute atomic E-state index is 0.155. The Balaban J connectivity index is 2.20. The normalized spacial score (nSPS) is 23.3. The molecule has 2 fully saturated rings. The van der Waals surface area contributed by atoms with Crippen LogP contribution in [-0.2, 0) is 14.4 Å². The van der Waals surface area contributed by atoms with Crippen LogP contribution in [-0.4, -0.2) is 46.8 Å². The Hall–Kier alpha value is -2.12. The highest BCUT2D eigenvalue weighted by molar-refractivity contribution is 6.11. The van der Waals surface area contributed by atoms with E-state index < -0.39 is 23.1 Å². The molecule has 0 radical (unpaired) electrons. The molecule has 1 heterocycles. The fraction of sp³-hybridized carbons (Fsp3) is 0.600. The zero-order chi connectivity index (χ0) is 13.3. The minimum Gasteiger partial charge on any atom is -0.409 e. The van der Waals surface area contributed by atoms with Crippen LogP contribution in [0.2, 0.25) is 0 Å². The summed E-state index contributed by atoms with van der Waals surface area (Å²) in [6, 6.07) is 0. The second-order valence-corrected chi connectivity index (χ2v) is 4.55. The van der Waals surface area contributed by atoms with E-state index in [2.05, 4.69) is 10.5 Å². The molecule has 0 spiro atoms. The van der Waals surface area contributed by atoms with Gasteiger partial charge in [0, 0.05) is 0 Å². The van der Waals surface area contributed by atoms with Gasteiger partial charge >= 0.3 is 0 Å². The van der Waals surface area contributed by atoms with E-state index in [-0.39, 0.29) is 18.9 Å². The summed E-state index contributed by atoms with van der Waals surface area (Å²) in [7, 11) is 0. The van der Waals surface area contributed by atoms with Crippen molar-refractivity contribution in [3.05, 3.63) is 0 Å². The molecule has 2 aliphatic rings. The minimum atomic E-state index is -1.05. The van der Waals surface area contributed by atoms with E-state index in [9.17, 15) is 14.4 Å². The summed E-state index contributed by atoms with van der Waals surface area (Å²) in [5, 5.41) is 13.7. The van der Waals surface area contributed by atoms with Crippen molar-refractivity contribution in [3.8, 4) is 0 Å². The highest BCUT2D eigenvalue weighted by Gasteiger charge is 2.51. The van der Waals surface area contributed by atoms with E-state index >= 15 is 0 Å². The third kappa shape index (κ3) is 1.79. The summed E-state index contributed by atoms with van der Waals surface area (Å²) in [6.45, 7) is -0.351. The van der Waals surface area contributed by atoms with Crippen LogP contribution in [0.25, 0.3) is 0 Å². The van der Waals surface area contributed by atoms with Gasteiger partial charge in [0.2, 0.25) is 17.7 Å². The molecule has 1 aliphatic carbocycles. The predicted molar refractivity (Wildman–Crippen MR) is 59.4 cm³/mol. The second kappa shape index (κ2) is 4.28. The van der Waals surface area contributed by atoms with Crippen LogP contribution in [0, 0.1) is 5.41 Å². The summed E-state index contributed by atoms with van der Waals surface area (Å²) >= 11 is 0. The van der Waals surface area contributed by atoms with Crippen LogP contribution in [0.3, 0.4) is 0 Å². The van der Waals surface area contributed by atoms with Crippen LogP contribution in [0.15, 0.2) is 5.16 Å². The molecule has 1 saturated heterocycles. The highest BCUT2D eigenvalue weighted by Crippen LogP contribution is 2.42. The molecule has 4 N–H and O–H groups in total. The zero-order valence-corrected chi connectivity index (χ0v) is 9.68. The molecule has 8 nitrogen and oxygen atoms in total. The average Bonchev–Trinajstić information content (AvgIpc) is 2.25. The van der Waals surface area contributed by atoms with E-state index in [0.717, 1.165) is 11.3 Å². The van der Waals surface area contributed by atoms with Crippen molar-refractivity contribution >= 4 is 23.6 Å². The van der Waals surface area contributed by atoms with Crippen molar-refractivity contribution in [2.75, 3.05) is 13.1 Å². The fourth-order valence-corrected chi connectivity index (χ4v) is 2.29. The van der Waals surface area contributed by atoms with Crippen molar-refractivity contribution in [1.29, 1.82) is 0 Å². The van der Waals surface area contributed by atoms with Gasteiger partial charge in [-0.1, -0.05) is 11.6 Å². The Bertz CT molecular complexity index is 425. The van der Waals surface area contributed by atoms with Crippen molar-refractivity contribution < 1.29 is 19.6 Å². The summed E-state index contributed by atoms with van der Waals surface area (Å²) in [6.07, 6.45) is 1.72. The number of oxime groups is 1. The molecule has 0 aromatic heterocycles. The molecule has 0 aromatic carbocycles. The zero-order valence-electron chi connectivity index (χ0n) is 9.68. The number of nitrogens with zero attached hydrogens (tertiary/aromatic N) is 2. The molecule has 0 atom stereocenters. The van der Waals surface area contributed by atoms with Gasteiger partial charge in [0.1, 0.15) is 18.5 Å². The molecule has 3 amide bonds. The largest absolute Gasteiger partial charge is 0.409 e. The van der Waals surface area contributed by atoms with E-state index in [1.807, 2.05) is 0 Å². The number of hydrogen-bond acceptors (Lipinski definition) is 5. The first-order valence-electron chi connectivity index (χ1n) is 5.59. The first-order valence-corrected chi connectivity index (χ1v) is 5.59. The van der Waals surface area contributed by atoms with Crippen LogP contribution >= 0.6 is 0 Å². The lowest BCUT2D eigenvalue weighted by molar-refractivity contribution is -0.151. The number of nitrogens with one attached hydrogen (secondary N) is 1. The maximum atomic E-state index is 12.3. The Kier molecular flexibility index (Phi) is 2.93. The third-order valence-electron chi connectivity index (χ3n) is 3.45. The number of rotatable bonds is 2. The molecule has 98 valence electrons. The van der Waals surface area contributed by atoms with Crippen LogP contribution in [0.5, 0.6) is 0 Å². The molecule has 0 aromatic rings. The van der Waals surface area contributed by atoms with Crippen LogP contribution < -0.4 is 11.1 Å². The summed E-state index contributed by atoms with van der Waals surface area (Å²) in [5.74, 6) is -1.62. The van der Waals surface area contributed by atoms with Gasteiger partial charge in [0.25, 0.3) is 0 Å². The summed E-state index contributed by atoms with van der Waals surface area (Å²) in [4.78, 5) is 35.9. The van der Waals surface area contributed by atoms with Crippen molar-refractivity contribution in [2.24, 2.45) is 16.3 Å². The Labute approximate surface area is 103 Å². The number of piperazine rings is 1. The van der Waals surface area contributed by atoms with Gasteiger partial charge in [0.15, 0.2) is 5.84 Å². The Morgan fingerprint density at radius 2 is 1.89 bits per heavy atom. The third-order valence-corrected chi connectivity index (χ3v) is 3.45. The summed E-state index contributed by atoms with van der Waals surface area (Å²) in [5.41, 5.74) is 4.51. The molecule has 0 bridgehead atoms. The van der Waals surface area contributed by atoms with E-state index in [0.29, 0.717) is 12.8 Å². The van der Waals surface area contributed by atoms with Crippen molar-refractivity contribution in [3.63, 3.8) is 0 Å². The standard InChI is InChI=1S/C10H14N4O4/c11-8(13-18)10(2-1-3-10)9(17)14-4-6(15)12-7(16)5-14/h18H,1-5H2,(H2,11,13)(H,12,15,16). The maximum absolute atomic E-state index is 12.3. The van der Waals surface area contributed by atoms with Crippen molar-refractivity contribution in [2.45, 2.75) is 19.3 Å². The van der Waals surface area contributed by atoms with Gasteiger partial charge in [-0.15, -0.1) is 0 Å². The number of carbonyl (C=O) groups is 3. The molecule has 2 rings (SSSR count). The topological polar surface area (TPSA) is 125 Å². The number of nitrogens with two attached hydrogens (primary N) is 1. The monoisotopic (exact) mass is 254 g/mol. The van der Waals surface area contributed by atoms with E-state index in [1.165, 1.54) is 0 Å². The number of carbonyl (C=O) groups excluding carboxylic acids is 3. The van der Waals surface area contributed by atoms with Gasteiger partial charge in [0.05, 0.1) is 0 Å². The number of amidine groups is 1. The van der Waals surface area contributed by atoms with Gasteiger partial charge in [-0.3, -0.25) is 19.7 Å². The molecule has 18 heavy (non-hydrogen) atoms. The first kappa shape index (κ1) is 12.3. The van der Waals surface area contributed by atoms with E-state index in [4.69, 9.17) is 10.9 Å². The lowest BCUT2D eigenvalue weighted by atomic mass is 9.66. The van der Waals surface area contributed by atoms with Crippen LogP contribution in [0.4, 0.5) is 0 Å². The van der Waals surface area contributed by atoms with Crippen molar-refractivity contribution in [1.82, 2.24) is 10.2 Å². The lowest BCUT2D eigenvalue weighted by Crippen LogP contribution is -2.61. The fourth-order valence-electron chi connectivity index (χ4n) is 2.29. The summed E-state index contributed by atoms with van der Waals surface area (Å²) < 4.78 is 0. The van der Waals surface area contributed by atoms with E-state index in [1.54, 1.807) is 0 Å². The second-order valence-electron chi connectivity index (χ2n) is 4.55. The molecular weight excluding hydrogens is 240 g/mol. The van der Waals surface area contributed by atoms with Gasteiger partial charge in [-0.25, -0.2) is 0 Å². The first-order chi connectivity index (χ1) is 8.49. The number of hydrogen-bond donors (Lipinski definition) is 3. The smallest absolute Gasteiger partial charge is 0.246 e. The quantitative estimate of drug-likeness (QED) is 0.180. The van der Waals surface area contributed by atoms with Crippen LogP contribution in [0.1, 0.15) is 19.3 Å². The maximum Gasteiger partial charge on any atom is 0.246 e. The Morgan fingerprint density at radius 1 is 1.33 bits per heavy atom. The number of imide groups is 1. The highest BCUT2D eigenvalue weighted by atomic mass is 16.4. The SMILES string of the molecule is NC(=NO)C1(C(=O)N2CC(=O)NC(=O)C2)CCC1. The number of amides is 3. The van der Waals surface area contributed by atoms with Gasteiger partial charge < -0.3 is 15.8 Å². The van der Waals surface area contributed by atoms with Gasteiger partial charge in [-0.2, -0.15) is 0 Å². The predicted octanol–water partition coefficient (Wildman–Crippen LogP) is -1.61. The lowest BCUT2D eigenvalue weighted by Gasteiger charge is -2.42. The van der Waals surface area contributed by atoms with Gasteiger partial charge in [-0.05, 0) is 12.8 Å². The molecular formula is C10H14N4O4. The molecule has 1 saturated carbocycles.